The number of rotatable bonds is 3. The van der Waals surface area contributed by atoms with E-state index in [1.54, 1.807) is 25.1 Å². The molecule has 3 N–H and O–H groups in total. The summed E-state index contributed by atoms with van der Waals surface area (Å²) in [5.41, 5.74) is 0.697. The number of nitrogens with zero attached hydrogens (tertiary/aromatic N) is 4. The van der Waals surface area contributed by atoms with Gasteiger partial charge < -0.3 is 19.9 Å². The first-order valence-corrected chi connectivity index (χ1v) is 8.43. The molecule has 1 unspecified atom stereocenters. The number of aromatic amines is 2. The van der Waals surface area contributed by atoms with Gasteiger partial charge in [-0.2, -0.15) is 0 Å². The molecule has 0 bridgehead atoms. The lowest BCUT2D eigenvalue weighted by atomic mass is 10.2. The van der Waals surface area contributed by atoms with E-state index in [0.29, 0.717) is 16.7 Å². The SMILES string of the molecule is CC(C(=O)Nc1ccc2[nH]c(=O)[nH]c2c1)n1cnc2c1c(=O)n(C)c(=O)n2C. The zero-order valence-corrected chi connectivity index (χ0v) is 15.3. The monoisotopic (exact) mass is 383 g/mol. The molecule has 3 aromatic heterocycles. The number of hydrogen-bond acceptors (Lipinski definition) is 5. The number of hydrogen-bond donors (Lipinski definition) is 3. The van der Waals surface area contributed by atoms with E-state index in [4.69, 9.17) is 0 Å². The van der Waals surface area contributed by atoms with Crippen LogP contribution in [-0.2, 0) is 18.9 Å². The van der Waals surface area contributed by atoms with E-state index in [1.807, 2.05) is 0 Å². The van der Waals surface area contributed by atoms with Gasteiger partial charge in [-0.05, 0) is 25.1 Å². The second kappa shape index (κ2) is 6.08. The van der Waals surface area contributed by atoms with E-state index in [0.717, 1.165) is 4.57 Å². The second-order valence-corrected chi connectivity index (χ2v) is 6.53. The predicted molar refractivity (Wildman–Crippen MR) is 102 cm³/mol. The molecule has 0 spiro atoms. The molecule has 0 aliphatic carbocycles. The maximum Gasteiger partial charge on any atom is 0.332 e. The highest BCUT2D eigenvalue weighted by atomic mass is 16.2. The van der Waals surface area contributed by atoms with Crippen molar-refractivity contribution in [3.63, 3.8) is 0 Å². The molecule has 0 saturated carbocycles. The first-order chi connectivity index (χ1) is 13.3. The zero-order valence-electron chi connectivity index (χ0n) is 15.3. The third-order valence-corrected chi connectivity index (χ3v) is 4.75. The van der Waals surface area contributed by atoms with Crippen LogP contribution in [0.3, 0.4) is 0 Å². The summed E-state index contributed by atoms with van der Waals surface area (Å²) in [6.45, 7) is 1.62. The maximum atomic E-state index is 12.7. The maximum absolute atomic E-state index is 12.7. The fraction of sp³-hybridized carbons (Fsp3) is 0.235. The number of imidazole rings is 2. The van der Waals surface area contributed by atoms with Crippen LogP contribution in [0.4, 0.5) is 5.69 Å². The third kappa shape index (κ3) is 2.55. The molecule has 0 aliphatic rings. The molecule has 3 heterocycles. The summed E-state index contributed by atoms with van der Waals surface area (Å²) >= 11 is 0. The fourth-order valence-electron chi connectivity index (χ4n) is 3.14. The molecular weight excluding hydrogens is 366 g/mol. The van der Waals surface area contributed by atoms with Crippen molar-refractivity contribution in [2.75, 3.05) is 5.32 Å². The Labute approximate surface area is 156 Å². The summed E-state index contributed by atoms with van der Waals surface area (Å²) in [5.74, 6) is -0.382. The molecule has 144 valence electrons. The van der Waals surface area contributed by atoms with Crippen molar-refractivity contribution in [3.8, 4) is 0 Å². The number of aryl methyl sites for hydroxylation is 1. The van der Waals surface area contributed by atoms with E-state index >= 15 is 0 Å². The van der Waals surface area contributed by atoms with Crippen LogP contribution >= 0.6 is 0 Å². The molecule has 4 rings (SSSR count). The molecule has 0 fully saturated rings. The van der Waals surface area contributed by atoms with E-state index in [9.17, 15) is 19.2 Å². The lowest BCUT2D eigenvalue weighted by Crippen LogP contribution is -2.38. The van der Waals surface area contributed by atoms with Crippen LogP contribution in [0.5, 0.6) is 0 Å². The number of H-pyrrole nitrogens is 2. The Morgan fingerprint density at radius 3 is 2.57 bits per heavy atom. The van der Waals surface area contributed by atoms with Gasteiger partial charge in [-0.25, -0.2) is 14.6 Å². The first kappa shape index (κ1) is 17.5. The fourth-order valence-corrected chi connectivity index (χ4v) is 3.14. The molecule has 0 saturated heterocycles. The molecule has 1 atom stereocenters. The number of aromatic nitrogens is 6. The van der Waals surface area contributed by atoms with E-state index in [2.05, 4.69) is 20.3 Å². The number of carbonyl (C=O) groups is 1. The van der Waals surface area contributed by atoms with Gasteiger partial charge in [0, 0.05) is 19.8 Å². The van der Waals surface area contributed by atoms with Gasteiger partial charge in [0.05, 0.1) is 17.4 Å². The average Bonchev–Trinajstić information content (AvgIpc) is 3.26. The smallest absolute Gasteiger partial charge is 0.324 e. The summed E-state index contributed by atoms with van der Waals surface area (Å²) in [7, 11) is 2.89. The summed E-state index contributed by atoms with van der Waals surface area (Å²) in [4.78, 5) is 58.0. The number of fused-ring (bicyclic) bond motifs is 2. The van der Waals surface area contributed by atoms with Crippen molar-refractivity contribution in [2.24, 2.45) is 14.1 Å². The Bertz CT molecular complexity index is 1420. The van der Waals surface area contributed by atoms with Gasteiger partial charge in [0.2, 0.25) is 5.91 Å². The highest BCUT2D eigenvalue weighted by Gasteiger charge is 2.22. The minimum Gasteiger partial charge on any atom is -0.324 e. The van der Waals surface area contributed by atoms with Crippen molar-refractivity contribution in [3.05, 3.63) is 55.8 Å². The van der Waals surface area contributed by atoms with Gasteiger partial charge in [-0.1, -0.05) is 0 Å². The summed E-state index contributed by atoms with van der Waals surface area (Å²) in [5, 5.41) is 2.76. The molecule has 11 nitrogen and oxygen atoms in total. The van der Waals surface area contributed by atoms with Crippen LogP contribution in [0.25, 0.3) is 22.2 Å². The predicted octanol–water partition coefficient (Wildman–Crippen LogP) is -0.197. The molecule has 1 amide bonds. The second-order valence-electron chi connectivity index (χ2n) is 6.53. The Balaban J connectivity index is 1.71. The molecule has 11 heteroatoms. The highest BCUT2D eigenvalue weighted by Crippen LogP contribution is 2.18. The number of carbonyl (C=O) groups excluding carboxylic acids is 1. The molecule has 28 heavy (non-hydrogen) atoms. The van der Waals surface area contributed by atoms with Gasteiger partial charge in [-0.15, -0.1) is 0 Å². The van der Waals surface area contributed by atoms with Crippen molar-refractivity contribution >= 4 is 33.8 Å². The molecule has 0 aliphatic heterocycles. The number of benzene rings is 1. The minimum absolute atomic E-state index is 0.165. The highest BCUT2D eigenvalue weighted by molar-refractivity contribution is 5.96. The Kier molecular flexibility index (Phi) is 3.80. The quantitative estimate of drug-likeness (QED) is 0.450. The van der Waals surface area contributed by atoms with Crippen LogP contribution in [0.1, 0.15) is 13.0 Å². The Morgan fingerprint density at radius 2 is 1.82 bits per heavy atom. The lowest BCUT2D eigenvalue weighted by molar-refractivity contribution is -0.118. The number of amides is 1. The van der Waals surface area contributed by atoms with Gasteiger partial charge >= 0.3 is 11.4 Å². The third-order valence-electron chi connectivity index (χ3n) is 4.75. The number of nitrogens with one attached hydrogen (secondary N) is 3. The topological polar surface area (TPSA) is 140 Å². The first-order valence-electron chi connectivity index (χ1n) is 8.43. The van der Waals surface area contributed by atoms with E-state index in [1.165, 1.54) is 29.6 Å². The van der Waals surface area contributed by atoms with Gasteiger partial charge in [0.1, 0.15) is 6.04 Å². The summed E-state index contributed by atoms with van der Waals surface area (Å²) < 4.78 is 3.67. The van der Waals surface area contributed by atoms with Crippen LogP contribution in [0, 0.1) is 0 Å². The van der Waals surface area contributed by atoms with Crippen LogP contribution < -0.4 is 22.3 Å². The molecular formula is C17H17N7O4. The van der Waals surface area contributed by atoms with Gasteiger partial charge in [0.25, 0.3) is 5.56 Å². The van der Waals surface area contributed by atoms with Crippen molar-refractivity contribution in [1.29, 1.82) is 0 Å². The van der Waals surface area contributed by atoms with Crippen molar-refractivity contribution in [1.82, 2.24) is 28.7 Å². The minimum atomic E-state index is -0.767. The van der Waals surface area contributed by atoms with Crippen LogP contribution in [-0.4, -0.2) is 34.6 Å². The lowest BCUT2D eigenvalue weighted by Gasteiger charge is -2.15. The molecule has 0 radical (unpaired) electrons. The number of anilines is 1. The van der Waals surface area contributed by atoms with Crippen molar-refractivity contribution < 1.29 is 4.79 Å². The van der Waals surface area contributed by atoms with Crippen LogP contribution in [0.2, 0.25) is 0 Å². The summed E-state index contributed by atoms with van der Waals surface area (Å²) in [6.07, 6.45) is 1.36. The average molecular weight is 383 g/mol. The molecule has 1 aromatic carbocycles. The largest absolute Gasteiger partial charge is 0.332 e. The molecule has 4 aromatic rings. The van der Waals surface area contributed by atoms with Gasteiger partial charge in [0.15, 0.2) is 11.2 Å². The normalized spacial score (nSPS) is 12.5. The standard InChI is InChI=1S/C17H17N7O4/c1-8(14(25)19-9-4-5-10-11(6-9)21-16(27)20-10)24-7-18-13-12(24)15(26)23(3)17(28)22(13)2/h4-8H,1-3H3,(H,19,25)(H2,20,21,27). The Hall–Kier alpha value is -3.89. The Morgan fingerprint density at radius 1 is 1.11 bits per heavy atom. The van der Waals surface area contributed by atoms with Gasteiger partial charge in [-0.3, -0.25) is 18.7 Å². The zero-order chi connectivity index (χ0) is 20.2. The summed E-state index contributed by atoms with van der Waals surface area (Å²) in [6, 6.07) is 4.19. The van der Waals surface area contributed by atoms with Crippen LogP contribution in [0.15, 0.2) is 38.9 Å². The van der Waals surface area contributed by atoms with Crippen molar-refractivity contribution in [2.45, 2.75) is 13.0 Å². The van der Waals surface area contributed by atoms with E-state index < -0.39 is 17.3 Å². The van der Waals surface area contributed by atoms with E-state index in [-0.39, 0.29) is 22.8 Å².